The molecule has 0 aliphatic carbocycles. The average Bonchev–Trinajstić information content (AvgIpc) is 2.39. The van der Waals surface area contributed by atoms with Crippen molar-refractivity contribution in [3.8, 4) is 0 Å². The maximum Gasteiger partial charge on any atom is 0.128 e. The summed E-state index contributed by atoms with van der Waals surface area (Å²) >= 11 is 0. The summed E-state index contributed by atoms with van der Waals surface area (Å²) in [6.45, 7) is 7.04. The van der Waals surface area contributed by atoms with E-state index in [1.165, 1.54) is 32.4 Å². The van der Waals surface area contributed by atoms with Crippen molar-refractivity contribution in [1.82, 2.24) is 4.98 Å². The van der Waals surface area contributed by atoms with Gasteiger partial charge in [-0.2, -0.15) is 0 Å². The van der Waals surface area contributed by atoms with Gasteiger partial charge in [0.2, 0.25) is 0 Å². The topological polar surface area (TPSA) is 16.1 Å². The number of hydrogen-bond donors (Lipinski definition) is 0. The van der Waals surface area contributed by atoms with Crippen LogP contribution in [-0.2, 0) is 0 Å². The molecule has 1 aromatic rings. The van der Waals surface area contributed by atoms with Gasteiger partial charge in [-0.05, 0) is 36.8 Å². The normalized spacial score (nSPS) is 19.8. The van der Waals surface area contributed by atoms with E-state index in [0.717, 1.165) is 17.7 Å². The second kappa shape index (κ2) is 5.33. The lowest BCUT2D eigenvalue weighted by molar-refractivity contribution is 0.286. The Balaban J connectivity index is 1.91. The molecule has 0 bridgehead atoms. The SMILES string of the molecule is CCC(C)C1CCN(c2ccccn2)CC1. The van der Waals surface area contributed by atoms with Crippen LogP contribution in [0.5, 0.6) is 0 Å². The number of rotatable bonds is 3. The molecular weight excluding hydrogens is 196 g/mol. The second-order valence-electron chi connectivity index (χ2n) is 4.90. The Hall–Kier alpha value is -1.05. The van der Waals surface area contributed by atoms with E-state index >= 15 is 0 Å². The lowest BCUT2D eigenvalue weighted by atomic mass is 9.84. The highest BCUT2D eigenvalue weighted by atomic mass is 15.2. The van der Waals surface area contributed by atoms with Gasteiger partial charge in [0.25, 0.3) is 0 Å². The number of anilines is 1. The quantitative estimate of drug-likeness (QED) is 0.773. The first-order valence-corrected chi connectivity index (χ1v) is 6.47. The van der Waals surface area contributed by atoms with Crippen molar-refractivity contribution < 1.29 is 0 Å². The van der Waals surface area contributed by atoms with E-state index in [4.69, 9.17) is 0 Å². The Morgan fingerprint density at radius 1 is 1.38 bits per heavy atom. The van der Waals surface area contributed by atoms with Gasteiger partial charge in [-0.3, -0.25) is 0 Å². The molecule has 0 amide bonds. The third kappa shape index (κ3) is 2.55. The number of aromatic nitrogens is 1. The zero-order chi connectivity index (χ0) is 11.4. The number of pyridine rings is 1. The summed E-state index contributed by atoms with van der Waals surface area (Å²) in [6, 6.07) is 6.17. The molecule has 2 heterocycles. The summed E-state index contributed by atoms with van der Waals surface area (Å²) in [6.07, 6.45) is 5.85. The molecule has 0 radical (unpaired) electrons. The van der Waals surface area contributed by atoms with E-state index in [1.807, 2.05) is 12.3 Å². The summed E-state index contributed by atoms with van der Waals surface area (Å²) < 4.78 is 0. The van der Waals surface area contributed by atoms with Gasteiger partial charge in [0.05, 0.1) is 0 Å². The molecule has 0 N–H and O–H groups in total. The second-order valence-corrected chi connectivity index (χ2v) is 4.90. The van der Waals surface area contributed by atoms with Crippen LogP contribution in [0.25, 0.3) is 0 Å². The molecule has 1 aromatic heterocycles. The highest BCUT2D eigenvalue weighted by Crippen LogP contribution is 2.28. The Morgan fingerprint density at radius 3 is 2.69 bits per heavy atom. The van der Waals surface area contributed by atoms with Crippen LogP contribution in [0.4, 0.5) is 5.82 Å². The van der Waals surface area contributed by atoms with Crippen LogP contribution in [-0.4, -0.2) is 18.1 Å². The fourth-order valence-corrected chi connectivity index (χ4v) is 2.57. The lowest BCUT2D eigenvalue weighted by Gasteiger charge is -2.35. The van der Waals surface area contributed by atoms with E-state index in [9.17, 15) is 0 Å². The summed E-state index contributed by atoms with van der Waals surface area (Å²) in [5.41, 5.74) is 0. The summed E-state index contributed by atoms with van der Waals surface area (Å²) in [5.74, 6) is 2.95. The van der Waals surface area contributed by atoms with Crippen LogP contribution in [0.2, 0.25) is 0 Å². The molecule has 2 rings (SSSR count). The van der Waals surface area contributed by atoms with Crippen LogP contribution in [0, 0.1) is 11.8 Å². The highest BCUT2D eigenvalue weighted by molar-refractivity contribution is 5.37. The molecule has 1 unspecified atom stereocenters. The van der Waals surface area contributed by atoms with Crippen molar-refractivity contribution in [1.29, 1.82) is 0 Å². The molecule has 1 aliphatic rings. The molecule has 2 nitrogen and oxygen atoms in total. The summed E-state index contributed by atoms with van der Waals surface area (Å²) in [7, 11) is 0. The van der Waals surface area contributed by atoms with Gasteiger partial charge in [0.1, 0.15) is 5.82 Å². The maximum atomic E-state index is 4.42. The minimum atomic E-state index is 0.880. The molecule has 1 fully saturated rings. The highest BCUT2D eigenvalue weighted by Gasteiger charge is 2.23. The van der Waals surface area contributed by atoms with Crippen LogP contribution < -0.4 is 4.90 Å². The standard InChI is InChI=1S/C14H22N2/c1-3-12(2)13-7-10-16(11-8-13)14-6-4-5-9-15-14/h4-6,9,12-13H,3,7-8,10-11H2,1-2H3. The first-order valence-electron chi connectivity index (χ1n) is 6.47. The zero-order valence-corrected chi connectivity index (χ0v) is 10.4. The van der Waals surface area contributed by atoms with E-state index in [2.05, 4.69) is 35.9 Å². The predicted molar refractivity (Wildman–Crippen MR) is 68.6 cm³/mol. The fourth-order valence-electron chi connectivity index (χ4n) is 2.57. The van der Waals surface area contributed by atoms with Crippen molar-refractivity contribution in [2.45, 2.75) is 33.1 Å². The molecule has 1 atom stereocenters. The Bertz CT molecular complexity index is 302. The largest absolute Gasteiger partial charge is 0.357 e. The molecule has 2 heteroatoms. The van der Waals surface area contributed by atoms with Gasteiger partial charge in [-0.1, -0.05) is 26.3 Å². The maximum absolute atomic E-state index is 4.42. The van der Waals surface area contributed by atoms with Crippen molar-refractivity contribution >= 4 is 5.82 Å². The van der Waals surface area contributed by atoms with E-state index in [1.54, 1.807) is 0 Å². The molecule has 0 spiro atoms. The molecule has 0 saturated carbocycles. The third-order valence-corrected chi connectivity index (χ3v) is 3.96. The van der Waals surface area contributed by atoms with Crippen molar-refractivity contribution in [3.63, 3.8) is 0 Å². The van der Waals surface area contributed by atoms with Gasteiger partial charge in [0.15, 0.2) is 0 Å². The van der Waals surface area contributed by atoms with Crippen molar-refractivity contribution in [2.24, 2.45) is 11.8 Å². The smallest absolute Gasteiger partial charge is 0.128 e. The van der Waals surface area contributed by atoms with E-state index < -0.39 is 0 Å². The Morgan fingerprint density at radius 2 is 2.12 bits per heavy atom. The zero-order valence-electron chi connectivity index (χ0n) is 10.4. The Kier molecular flexibility index (Phi) is 3.81. The fraction of sp³-hybridized carbons (Fsp3) is 0.643. The van der Waals surface area contributed by atoms with Crippen molar-refractivity contribution in [2.75, 3.05) is 18.0 Å². The number of piperidine rings is 1. The van der Waals surface area contributed by atoms with Gasteiger partial charge >= 0.3 is 0 Å². The molecule has 16 heavy (non-hydrogen) atoms. The minimum absolute atomic E-state index is 0.880. The Labute approximate surface area is 98.7 Å². The third-order valence-electron chi connectivity index (χ3n) is 3.96. The summed E-state index contributed by atoms with van der Waals surface area (Å²) in [5, 5.41) is 0. The first-order chi connectivity index (χ1) is 7.81. The van der Waals surface area contributed by atoms with Gasteiger partial charge in [-0.15, -0.1) is 0 Å². The summed E-state index contributed by atoms with van der Waals surface area (Å²) in [4.78, 5) is 6.83. The predicted octanol–water partition coefficient (Wildman–Crippen LogP) is 3.34. The average molecular weight is 218 g/mol. The lowest BCUT2D eigenvalue weighted by Crippen LogP contribution is -2.36. The molecule has 0 aromatic carbocycles. The number of nitrogens with zero attached hydrogens (tertiary/aromatic N) is 2. The van der Waals surface area contributed by atoms with Crippen LogP contribution in [0.3, 0.4) is 0 Å². The van der Waals surface area contributed by atoms with Crippen molar-refractivity contribution in [3.05, 3.63) is 24.4 Å². The molecular formula is C14H22N2. The van der Waals surface area contributed by atoms with Gasteiger partial charge < -0.3 is 4.90 Å². The molecule has 88 valence electrons. The number of hydrogen-bond acceptors (Lipinski definition) is 2. The van der Waals surface area contributed by atoms with Crippen LogP contribution in [0.1, 0.15) is 33.1 Å². The first kappa shape index (κ1) is 11.4. The van der Waals surface area contributed by atoms with Crippen LogP contribution in [0.15, 0.2) is 24.4 Å². The van der Waals surface area contributed by atoms with Gasteiger partial charge in [-0.25, -0.2) is 4.98 Å². The van der Waals surface area contributed by atoms with E-state index in [0.29, 0.717) is 0 Å². The van der Waals surface area contributed by atoms with Gasteiger partial charge in [0, 0.05) is 19.3 Å². The van der Waals surface area contributed by atoms with E-state index in [-0.39, 0.29) is 0 Å². The molecule has 1 aliphatic heterocycles. The van der Waals surface area contributed by atoms with Crippen LogP contribution >= 0.6 is 0 Å². The monoisotopic (exact) mass is 218 g/mol. The minimum Gasteiger partial charge on any atom is -0.357 e. The molecule has 1 saturated heterocycles.